The molecule has 0 amide bonds. The van der Waals surface area contributed by atoms with Gasteiger partial charge in [0.2, 0.25) is 0 Å². The Labute approximate surface area is 131 Å². The molecule has 0 aromatic carbocycles. The third kappa shape index (κ3) is 4.76. The fraction of sp³-hybridized carbons (Fsp3) is 0.625. The number of carbonyl (C=O) groups is 1. The van der Waals surface area contributed by atoms with Crippen LogP contribution in [-0.4, -0.2) is 70.8 Å². The quantitative estimate of drug-likeness (QED) is 0.773. The van der Waals surface area contributed by atoms with Crippen molar-refractivity contribution in [3.63, 3.8) is 0 Å². The van der Waals surface area contributed by atoms with Crippen LogP contribution in [0.5, 0.6) is 0 Å². The number of rotatable bonds is 6. The summed E-state index contributed by atoms with van der Waals surface area (Å²) in [5.41, 5.74) is -0.381. The predicted octanol–water partition coefficient (Wildman–Crippen LogP) is 0.513. The Morgan fingerprint density at radius 2 is 2.00 bits per heavy atom. The number of carbonyl (C=O) groups excluding carboxylic acids is 1. The van der Waals surface area contributed by atoms with Gasteiger partial charge >= 0.3 is 5.97 Å². The summed E-state index contributed by atoms with van der Waals surface area (Å²) >= 11 is 0. The van der Waals surface area contributed by atoms with Gasteiger partial charge in [0, 0.05) is 45.5 Å². The molecule has 1 N–H and O–H groups in total. The minimum absolute atomic E-state index is 0.285. The maximum Gasteiger partial charge on any atom is 0.339 e. The maximum absolute atomic E-state index is 11.7. The van der Waals surface area contributed by atoms with Crippen molar-refractivity contribution in [1.82, 2.24) is 14.8 Å². The topological polar surface area (TPSA) is 65.9 Å². The number of piperazine rings is 1. The third-order valence-corrected chi connectivity index (χ3v) is 3.82. The zero-order valence-electron chi connectivity index (χ0n) is 13.4. The number of esters is 1. The van der Waals surface area contributed by atoms with E-state index in [0.29, 0.717) is 6.54 Å². The highest BCUT2D eigenvalue weighted by Gasteiger charge is 2.35. The summed E-state index contributed by atoms with van der Waals surface area (Å²) in [7, 11) is 0. The lowest BCUT2D eigenvalue weighted by atomic mass is 10.1. The molecule has 1 aromatic rings. The largest absolute Gasteiger partial charge is 0.464 e. The molecule has 1 atom stereocenters. The van der Waals surface area contributed by atoms with Gasteiger partial charge in [-0.25, -0.2) is 4.79 Å². The number of hydrogen-bond acceptors (Lipinski definition) is 6. The van der Waals surface area contributed by atoms with Gasteiger partial charge in [0.05, 0.1) is 12.3 Å². The summed E-state index contributed by atoms with van der Waals surface area (Å²) in [6, 6.07) is 5.94. The monoisotopic (exact) mass is 307 g/mol. The Morgan fingerprint density at radius 3 is 2.59 bits per heavy atom. The molecule has 1 fully saturated rings. The molecule has 6 nitrogen and oxygen atoms in total. The van der Waals surface area contributed by atoms with Gasteiger partial charge in [0.25, 0.3) is 0 Å². The predicted molar refractivity (Wildman–Crippen MR) is 83.2 cm³/mol. The highest BCUT2D eigenvalue weighted by Crippen LogP contribution is 2.13. The number of aliphatic hydroxyl groups is 1. The van der Waals surface area contributed by atoms with E-state index in [2.05, 4.69) is 14.8 Å². The van der Waals surface area contributed by atoms with Crippen LogP contribution in [0.25, 0.3) is 0 Å². The van der Waals surface area contributed by atoms with Gasteiger partial charge in [0.1, 0.15) is 0 Å². The van der Waals surface area contributed by atoms with Gasteiger partial charge in [0.15, 0.2) is 5.60 Å². The molecule has 0 aliphatic carbocycles. The maximum atomic E-state index is 11.7. The smallest absolute Gasteiger partial charge is 0.339 e. The van der Waals surface area contributed by atoms with Crippen LogP contribution in [0.1, 0.15) is 19.5 Å². The van der Waals surface area contributed by atoms with Crippen molar-refractivity contribution in [1.29, 1.82) is 0 Å². The number of hydrogen-bond donors (Lipinski definition) is 1. The molecule has 0 saturated carbocycles. The Kier molecular flexibility index (Phi) is 5.88. The minimum Gasteiger partial charge on any atom is -0.464 e. The number of nitrogens with zero attached hydrogens (tertiary/aromatic N) is 3. The molecule has 2 rings (SSSR count). The van der Waals surface area contributed by atoms with Crippen molar-refractivity contribution in [3.05, 3.63) is 30.1 Å². The van der Waals surface area contributed by atoms with Gasteiger partial charge in [-0.1, -0.05) is 6.07 Å². The number of β-amino-alcohol motifs (C(OH)–C–C–N with tert-alkyl or cyclic N) is 1. The highest BCUT2D eigenvalue weighted by molar-refractivity contribution is 5.79. The van der Waals surface area contributed by atoms with Crippen molar-refractivity contribution < 1.29 is 14.6 Å². The van der Waals surface area contributed by atoms with Crippen LogP contribution in [0.4, 0.5) is 0 Å². The van der Waals surface area contributed by atoms with Crippen LogP contribution < -0.4 is 0 Å². The van der Waals surface area contributed by atoms with Crippen LogP contribution >= 0.6 is 0 Å². The second kappa shape index (κ2) is 7.67. The molecular weight excluding hydrogens is 282 g/mol. The molecule has 122 valence electrons. The SMILES string of the molecule is CCOC(=O)C(C)(O)CN1CCN(Cc2ccccn2)CC1. The first-order chi connectivity index (χ1) is 10.5. The zero-order chi connectivity index (χ0) is 16.0. The van der Waals surface area contributed by atoms with E-state index in [1.54, 1.807) is 6.92 Å². The Hall–Kier alpha value is -1.50. The molecule has 1 unspecified atom stereocenters. The van der Waals surface area contributed by atoms with Crippen molar-refractivity contribution in [2.75, 3.05) is 39.3 Å². The van der Waals surface area contributed by atoms with Crippen LogP contribution in [0.3, 0.4) is 0 Å². The Balaban J connectivity index is 1.78. The second-order valence-electron chi connectivity index (χ2n) is 5.87. The average Bonchev–Trinajstić information content (AvgIpc) is 2.50. The van der Waals surface area contributed by atoms with Crippen LogP contribution in [0.15, 0.2) is 24.4 Å². The Morgan fingerprint density at radius 1 is 1.32 bits per heavy atom. The summed E-state index contributed by atoms with van der Waals surface area (Å²) in [4.78, 5) is 20.5. The van der Waals surface area contributed by atoms with Crippen molar-refractivity contribution in [2.45, 2.75) is 26.0 Å². The third-order valence-electron chi connectivity index (χ3n) is 3.82. The first-order valence-corrected chi connectivity index (χ1v) is 7.75. The molecule has 22 heavy (non-hydrogen) atoms. The summed E-state index contributed by atoms with van der Waals surface area (Å²) in [5.74, 6) is -0.550. The number of ether oxygens (including phenoxy) is 1. The van der Waals surface area contributed by atoms with Crippen LogP contribution in [0.2, 0.25) is 0 Å². The zero-order valence-corrected chi connectivity index (χ0v) is 13.4. The van der Waals surface area contributed by atoms with Crippen molar-refractivity contribution >= 4 is 5.97 Å². The fourth-order valence-electron chi connectivity index (χ4n) is 2.61. The van der Waals surface area contributed by atoms with E-state index in [1.165, 1.54) is 6.92 Å². The van der Waals surface area contributed by atoms with E-state index >= 15 is 0 Å². The second-order valence-corrected chi connectivity index (χ2v) is 5.87. The van der Waals surface area contributed by atoms with E-state index in [1.807, 2.05) is 24.4 Å². The molecule has 1 aliphatic rings. The van der Waals surface area contributed by atoms with Gasteiger partial charge in [-0.3, -0.25) is 14.8 Å². The van der Waals surface area contributed by atoms with Crippen LogP contribution in [-0.2, 0) is 16.1 Å². The van der Waals surface area contributed by atoms with E-state index in [9.17, 15) is 9.90 Å². The lowest BCUT2D eigenvalue weighted by molar-refractivity contribution is -0.165. The van der Waals surface area contributed by atoms with Crippen molar-refractivity contribution in [3.8, 4) is 0 Å². The Bertz CT molecular complexity index is 471. The molecular formula is C16H25N3O3. The lowest BCUT2D eigenvalue weighted by Crippen LogP contribution is -2.53. The molecule has 2 heterocycles. The van der Waals surface area contributed by atoms with E-state index < -0.39 is 11.6 Å². The molecule has 0 radical (unpaired) electrons. The normalized spacial score (nSPS) is 19.6. The van der Waals surface area contributed by atoms with Crippen LogP contribution in [0, 0.1) is 0 Å². The molecule has 6 heteroatoms. The first kappa shape index (κ1) is 16.9. The summed E-state index contributed by atoms with van der Waals surface area (Å²) in [6.07, 6.45) is 1.81. The minimum atomic E-state index is -1.45. The summed E-state index contributed by atoms with van der Waals surface area (Å²) in [6.45, 7) is 8.13. The van der Waals surface area contributed by atoms with E-state index in [4.69, 9.17) is 4.74 Å². The highest BCUT2D eigenvalue weighted by atomic mass is 16.5. The number of aromatic nitrogens is 1. The molecule has 1 aliphatic heterocycles. The van der Waals surface area contributed by atoms with Gasteiger partial charge in [-0.15, -0.1) is 0 Å². The fourth-order valence-corrected chi connectivity index (χ4v) is 2.61. The standard InChI is InChI=1S/C16H25N3O3/c1-3-22-15(20)16(2,21)13-19-10-8-18(9-11-19)12-14-6-4-5-7-17-14/h4-7,21H,3,8-13H2,1-2H3. The van der Waals surface area contributed by atoms with Crippen molar-refractivity contribution in [2.24, 2.45) is 0 Å². The molecule has 0 spiro atoms. The number of pyridine rings is 1. The summed E-state index contributed by atoms with van der Waals surface area (Å²) in [5, 5.41) is 10.2. The summed E-state index contributed by atoms with van der Waals surface area (Å²) < 4.78 is 4.91. The van der Waals surface area contributed by atoms with Gasteiger partial charge < -0.3 is 9.84 Å². The molecule has 0 bridgehead atoms. The van der Waals surface area contributed by atoms with E-state index in [-0.39, 0.29) is 6.61 Å². The van der Waals surface area contributed by atoms with E-state index in [0.717, 1.165) is 38.4 Å². The molecule has 1 aromatic heterocycles. The lowest BCUT2D eigenvalue weighted by Gasteiger charge is -2.37. The van der Waals surface area contributed by atoms with Gasteiger partial charge in [-0.05, 0) is 26.0 Å². The average molecular weight is 307 g/mol. The van der Waals surface area contributed by atoms with Gasteiger partial charge in [-0.2, -0.15) is 0 Å². The molecule has 1 saturated heterocycles. The first-order valence-electron chi connectivity index (χ1n) is 7.75.